The Morgan fingerprint density at radius 1 is 0.467 bits per heavy atom. The second-order valence-corrected chi connectivity index (χ2v) is 9.40. The van der Waals surface area contributed by atoms with Crippen molar-refractivity contribution in [3.8, 4) is 5.75 Å². The van der Waals surface area contributed by atoms with Crippen LogP contribution in [0.25, 0.3) is 0 Å². The monoisotopic (exact) mass is 416 g/mol. The van der Waals surface area contributed by atoms with E-state index in [9.17, 15) is 5.11 Å². The van der Waals surface area contributed by atoms with E-state index >= 15 is 0 Å². The smallest absolute Gasteiger partial charge is 0.119 e. The van der Waals surface area contributed by atoms with Gasteiger partial charge in [0.25, 0.3) is 0 Å². The van der Waals surface area contributed by atoms with Gasteiger partial charge < -0.3 is 5.11 Å². The van der Waals surface area contributed by atoms with Gasteiger partial charge in [0, 0.05) is 0 Å². The van der Waals surface area contributed by atoms with Gasteiger partial charge in [-0.05, 0) is 61.3 Å². The summed E-state index contributed by atoms with van der Waals surface area (Å²) >= 11 is 0. The van der Waals surface area contributed by atoms with Gasteiger partial charge in [0.1, 0.15) is 5.75 Å². The Hall–Kier alpha value is -0.980. The SMILES string of the molecule is CCCCCCCCCCCCc1c(O)ccc(CCCC)c1CCCCCCC. The molecule has 30 heavy (non-hydrogen) atoms. The van der Waals surface area contributed by atoms with Crippen molar-refractivity contribution in [1.29, 1.82) is 0 Å². The van der Waals surface area contributed by atoms with E-state index in [1.54, 1.807) is 0 Å². The van der Waals surface area contributed by atoms with Gasteiger partial charge in [0.15, 0.2) is 0 Å². The predicted octanol–water partition coefficient (Wildman–Crippen LogP) is 9.71. The molecule has 0 fully saturated rings. The Bertz CT molecular complexity index is 519. The lowest BCUT2D eigenvalue weighted by molar-refractivity contribution is 0.463. The molecule has 0 bridgehead atoms. The normalized spacial score (nSPS) is 11.3. The van der Waals surface area contributed by atoms with E-state index in [2.05, 4.69) is 26.8 Å². The maximum Gasteiger partial charge on any atom is 0.119 e. The Morgan fingerprint density at radius 3 is 1.40 bits per heavy atom. The number of hydrogen-bond acceptors (Lipinski definition) is 1. The molecule has 0 amide bonds. The van der Waals surface area contributed by atoms with Crippen molar-refractivity contribution >= 4 is 0 Å². The van der Waals surface area contributed by atoms with Crippen LogP contribution in [-0.2, 0) is 19.3 Å². The van der Waals surface area contributed by atoms with Crippen molar-refractivity contribution in [3.63, 3.8) is 0 Å². The minimum absolute atomic E-state index is 0.551. The predicted molar refractivity (Wildman–Crippen MR) is 135 cm³/mol. The van der Waals surface area contributed by atoms with Gasteiger partial charge in [0.05, 0.1) is 0 Å². The van der Waals surface area contributed by atoms with Gasteiger partial charge in [-0.25, -0.2) is 0 Å². The number of benzene rings is 1. The zero-order valence-electron chi connectivity index (χ0n) is 20.7. The molecule has 0 saturated heterocycles. The lowest BCUT2D eigenvalue weighted by Crippen LogP contribution is -2.02. The van der Waals surface area contributed by atoms with Gasteiger partial charge in [-0.2, -0.15) is 0 Å². The van der Waals surface area contributed by atoms with Crippen LogP contribution in [0.15, 0.2) is 12.1 Å². The molecule has 1 aromatic carbocycles. The molecular formula is C29H52O. The van der Waals surface area contributed by atoms with Crippen LogP contribution in [0.3, 0.4) is 0 Å². The zero-order chi connectivity index (χ0) is 21.9. The highest BCUT2D eigenvalue weighted by Gasteiger charge is 2.13. The number of aryl methyl sites for hydroxylation is 1. The summed E-state index contributed by atoms with van der Waals surface area (Å²) in [7, 11) is 0. The van der Waals surface area contributed by atoms with Crippen LogP contribution in [0.2, 0.25) is 0 Å². The van der Waals surface area contributed by atoms with Crippen LogP contribution in [0, 0.1) is 0 Å². The largest absolute Gasteiger partial charge is 0.508 e. The summed E-state index contributed by atoms with van der Waals surface area (Å²) in [5.41, 5.74) is 4.28. The fourth-order valence-electron chi connectivity index (χ4n) is 4.62. The number of aromatic hydroxyl groups is 1. The van der Waals surface area contributed by atoms with Gasteiger partial charge in [-0.3, -0.25) is 0 Å². The quantitative estimate of drug-likeness (QED) is 0.210. The lowest BCUT2D eigenvalue weighted by atomic mass is 9.89. The van der Waals surface area contributed by atoms with Crippen molar-refractivity contribution < 1.29 is 5.11 Å². The van der Waals surface area contributed by atoms with E-state index < -0.39 is 0 Å². The fraction of sp³-hybridized carbons (Fsp3) is 0.793. The molecule has 0 atom stereocenters. The summed E-state index contributed by atoms with van der Waals surface area (Å²) in [6.07, 6.45) is 26.2. The zero-order valence-corrected chi connectivity index (χ0v) is 20.7. The first kappa shape index (κ1) is 27.1. The van der Waals surface area contributed by atoms with Crippen molar-refractivity contribution in [3.05, 3.63) is 28.8 Å². The van der Waals surface area contributed by atoms with Crippen LogP contribution in [-0.4, -0.2) is 5.11 Å². The number of rotatable bonds is 20. The van der Waals surface area contributed by atoms with Crippen molar-refractivity contribution in [2.45, 2.75) is 149 Å². The molecule has 0 aliphatic heterocycles. The molecule has 174 valence electrons. The molecule has 0 unspecified atom stereocenters. The molecule has 0 aliphatic carbocycles. The summed E-state index contributed by atoms with van der Waals surface area (Å²) in [4.78, 5) is 0. The molecule has 1 aromatic rings. The summed E-state index contributed by atoms with van der Waals surface area (Å²) in [5.74, 6) is 0.551. The summed E-state index contributed by atoms with van der Waals surface area (Å²) in [6, 6.07) is 4.17. The molecule has 0 aliphatic rings. The molecule has 1 rings (SSSR count). The van der Waals surface area contributed by atoms with E-state index in [0.717, 1.165) is 12.8 Å². The highest BCUT2D eigenvalue weighted by molar-refractivity contribution is 5.45. The average molecular weight is 417 g/mol. The first-order valence-corrected chi connectivity index (χ1v) is 13.6. The second kappa shape index (κ2) is 18.8. The van der Waals surface area contributed by atoms with E-state index in [1.807, 2.05) is 6.07 Å². The summed E-state index contributed by atoms with van der Waals surface area (Å²) in [5, 5.41) is 10.6. The summed E-state index contributed by atoms with van der Waals surface area (Å²) < 4.78 is 0. The first-order valence-electron chi connectivity index (χ1n) is 13.6. The Labute approximate surface area is 189 Å². The van der Waals surface area contributed by atoms with Crippen LogP contribution in [0.4, 0.5) is 0 Å². The highest BCUT2D eigenvalue weighted by Crippen LogP contribution is 2.29. The number of unbranched alkanes of at least 4 members (excludes halogenated alkanes) is 14. The molecule has 1 nitrogen and oxygen atoms in total. The Morgan fingerprint density at radius 2 is 0.900 bits per heavy atom. The number of phenolic OH excluding ortho intramolecular Hbond substituents is 1. The van der Waals surface area contributed by atoms with Gasteiger partial charge in [-0.1, -0.05) is 117 Å². The van der Waals surface area contributed by atoms with Crippen molar-refractivity contribution in [2.24, 2.45) is 0 Å². The number of hydrogen-bond donors (Lipinski definition) is 1. The fourth-order valence-corrected chi connectivity index (χ4v) is 4.62. The maximum absolute atomic E-state index is 10.6. The molecule has 0 radical (unpaired) electrons. The minimum Gasteiger partial charge on any atom is -0.508 e. The molecule has 0 heterocycles. The van der Waals surface area contributed by atoms with Gasteiger partial charge >= 0.3 is 0 Å². The standard InChI is InChI=1S/C29H52O/c1-4-7-10-12-13-14-15-16-18-20-23-28-27(22-19-17-11-8-5-2)26(21-9-6-3)24-25-29(28)30/h24-25,30H,4-23H2,1-3H3. The van der Waals surface area contributed by atoms with Crippen molar-refractivity contribution in [1.82, 2.24) is 0 Å². The van der Waals surface area contributed by atoms with Gasteiger partial charge in [0.2, 0.25) is 0 Å². The third-order valence-corrected chi connectivity index (χ3v) is 6.61. The average Bonchev–Trinajstić information content (AvgIpc) is 2.75. The van der Waals surface area contributed by atoms with E-state index in [0.29, 0.717) is 5.75 Å². The topological polar surface area (TPSA) is 20.2 Å². The third kappa shape index (κ3) is 12.0. The number of phenols is 1. The van der Waals surface area contributed by atoms with Crippen LogP contribution in [0.1, 0.15) is 147 Å². The van der Waals surface area contributed by atoms with Crippen molar-refractivity contribution in [2.75, 3.05) is 0 Å². The molecule has 0 spiro atoms. The summed E-state index contributed by atoms with van der Waals surface area (Å²) in [6.45, 7) is 6.84. The van der Waals surface area contributed by atoms with E-state index in [-0.39, 0.29) is 0 Å². The molecular weight excluding hydrogens is 364 g/mol. The second-order valence-electron chi connectivity index (χ2n) is 9.40. The minimum atomic E-state index is 0.551. The Kier molecular flexibility index (Phi) is 16.9. The van der Waals surface area contributed by atoms with Crippen LogP contribution in [0.5, 0.6) is 5.75 Å². The van der Waals surface area contributed by atoms with Crippen LogP contribution >= 0.6 is 0 Å². The van der Waals surface area contributed by atoms with Crippen LogP contribution < -0.4 is 0 Å². The molecule has 1 N–H and O–H groups in total. The molecule has 0 saturated carbocycles. The van der Waals surface area contributed by atoms with E-state index in [1.165, 1.54) is 132 Å². The highest BCUT2D eigenvalue weighted by atomic mass is 16.3. The van der Waals surface area contributed by atoms with E-state index in [4.69, 9.17) is 0 Å². The maximum atomic E-state index is 10.6. The molecule has 0 aromatic heterocycles. The molecule has 1 heteroatoms. The third-order valence-electron chi connectivity index (χ3n) is 6.61. The Balaban J connectivity index is 2.48. The first-order chi connectivity index (χ1) is 14.7. The lowest BCUT2D eigenvalue weighted by Gasteiger charge is -2.17. The van der Waals surface area contributed by atoms with Gasteiger partial charge in [-0.15, -0.1) is 0 Å².